The minimum atomic E-state index is -3.56. The summed E-state index contributed by atoms with van der Waals surface area (Å²) in [5, 5.41) is 5.48. The number of aryl methyl sites for hydroxylation is 1. The summed E-state index contributed by atoms with van der Waals surface area (Å²) >= 11 is 1.12. The first-order valence-electron chi connectivity index (χ1n) is 6.47. The number of sulfonamides is 1. The molecule has 2 heterocycles. The molecule has 3 rings (SSSR count). The highest BCUT2D eigenvalue weighted by Crippen LogP contribution is 2.26. The number of thiophene rings is 1. The zero-order valence-corrected chi connectivity index (χ0v) is 13.3. The Morgan fingerprint density at radius 2 is 2.05 bits per heavy atom. The number of nitrogens with one attached hydrogen (secondary N) is 1. The quantitative estimate of drug-likeness (QED) is 0.774. The Morgan fingerprint density at radius 3 is 2.73 bits per heavy atom. The van der Waals surface area contributed by atoms with Gasteiger partial charge in [-0.15, -0.1) is 11.3 Å². The molecule has 0 unspecified atom stereocenters. The predicted octanol–water partition coefficient (Wildman–Crippen LogP) is 2.59. The normalized spacial score (nSPS) is 11.7. The van der Waals surface area contributed by atoms with Gasteiger partial charge in [0, 0.05) is 24.4 Å². The largest absolute Gasteiger partial charge is 0.339 e. The van der Waals surface area contributed by atoms with Crippen LogP contribution in [0.5, 0.6) is 0 Å². The minimum Gasteiger partial charge on any atom is -0.339 e. The molecule has 0 atom stereocenters. The van der Waals surface area contributed by atoms with E-state index >= 15 is 0 Å². The summed E-state index contributed by atoms with van der Waals surface area (Å²) in [6.07, 6.45) is 0. The third-order valence-corrected chi connectivity index (χ3v) is 5.78. The molecule has 0 bridgehead atoms. The second-order valence-corrected chi connectivity index (χ2v) is 7.51. The number of aromatic nitrogens is 2. The molecule has 0 radical (unpaired) electrons. The lowest BCUT2D eigenvalue weighted by Gasteiger charge is -2.04. The summed E-state index contributed by atoms with van der Waals surface area (Å²) in [6.45, 7) is 1.93. The summed E-state index contributed by atoms with van der Waals surface area (Å²) in [5.74, 6) is 0.825. The molecule has 1 aromatic carbocycles. The average molecular weight is 335 g/mol. The molecular weight excluding hydrogens is 322 g/mol. The van der Waals surface area contributed by atoms with Crippen LogP contribution in [0.15, 0.2) is 50.5 Å². The fourth-order valence-electron chi connectivity index (χ4n) is 1.84. The lowest BCUT2D eigenvalue weighted by Crippen LogP contribution is -2.22. The highest BCUT2D eigenvalue weighted by Gasteiger charge is 2.18. The Kier molecular flexibility index (Phi) is 4.06. The van der Waals surface area contributed by atoms with Crippen molar-refractivity contribution in [2.75, 3.05) is 0 Å². The molecule has 0 spiro atoms. The summed E-state index contributed by atoms with van der Waals surface area (Å²) in [5.41, 5.74) is 1.53. The van der Waals surface area contributed by atoms with Gasteiger partial charge in [0.2, 0.25) is 21.7 Å². The lowest BCUT2D eigenvalue weighted by atomic mass is 10.2. The maximum atomic E-state index is 12.3. The van der Waals surface area contributed by atoms with Gasteiger partial charge in [-0.05, 0) is 11.6 Å². The molecule has 2 aromatic heterocycles. The van der Waals surface area contributed by atoms with E-state index in [9.17, 15) is 8.42 Å². The summed E-state index contributed by atoms with van der Waals surface area (Å²) in [7, 11) is -3.56. The maximum absolute atomic E-state index is 12.3. The van der Waals surface area contributed by atoms with E-state index in [0.29, 0.717) is 17.3 Å². The van der Waals surface area contributed by atoms with E-state index in [1.165, 1.54) is 0 Å². The molecule has 0 aliphatic rings. The van der Waals surface area contributed by atoms with Gasteiger partial charge >= 0.3 is 0 Å². The second-order valence-electron chi connectivity index (χ2n) is 4.60. The number of benzene rings is 1. The van der Waals surface area contributed by atoms with Gasteiger partial charge < -0.3 is 4.52 Å². The van der Waals surface area contributed by atoms with Gasteiger partial charge in [-0.3, -0.25) is 0 Å². The third-order valence-electron chi connectivity index (χ3n) is 2.94. The van der Waals surface area contributed by atoms with Crippen molar-refractivity contribution in [3.63, 3.8) is 0 Å². The van der Waals surface area contributed by atoms with Crippen LogP contribution >= 0.6 is 11.3 Å². The van der Waals surface area contributed by atoms with E-state index in [2.05, 4.69) is 14.9 Å². The smallest absolute Gasteiger partial charge is 0.250 e. The Balaban J connectivity index is 1.77. The van der Waals surface area contributed by atoms with E-state index in [-0.39, 0.29) is 10.8 Å². The number of nitrogens with zero attached hydrogens (tertiary/aromatic N) is 2. The summed E-state index contributed by atoms with van der Waals surface area (Å²) < 4.78 is 32.3. The molecule has 22 heavy (non-hydrogen) atoms. The van der Waals surface area contributed by atoms with Gasteiger partial charge in [-0.1, -0.05) is 35.5 Å². The van der Waals surface area contributed by atoms with Gasteiger partial charge in [0.05, 0.1) is 0 Å². The number of hydrogen-bond acceptors (Lipinski definition) is 6. The van der Waals surface area contributed by atoms with Crippen LogP contribution in [0, 0.1) is 6.92 Å². The predicted molar refractivity (Wildman–Crippen MR) is 82.8 cm³/mol. The van der Waals surface area contributed by atoms with Gasteiger partial charge in [0.25, 0.3) is 0 Å². The molecule has 8 heteroatoms. The van der Waals surface area contributed by atoms with Crippen molar-refractivity contribution in [1.29, 1.82) is 0 Å². The van der Waals surface area contributed by atoms with E-state index in [1.54, 1.807) is 18.4 Å². The Bertz CT molecular complexity index is 870. The summed E-state index contributed by atoms with van der Waals surface area (Å²) in [4.78, 5) is 4.08. The van der Waals surface area contributed by atoms with Gasteiger partial charge in [-0.25, -0.2) is 13.1 Å². The van der Waals surface area contributed by atoms with Gasteiger partial charge in [-0.2, -0.15) is 4.98 Å². The Morgan fingerprint density at radius 1 is 1.27 bits per heavy atom. The molecule has 0 saturated heterocycles. The number of rotatable bonds is 5. The Hall–Kier alpha value is -2.03. The van der Waals surface area contributed by atoms with Crippen molar-refractivity contribution in [2.45, 2.75) is 17.7 Å². The van der Waals surface area contributed by atoms with Crippen molar-refractivity contribution in [1.82, 2.24) is 14.9 Å². The van der Waals surface area contributed by atoms with Crippen LogP contribution in [0.4, 0.5) is 0 Å². The van der Waals surface area contributed by atoms with Crippen molar-refractivity contribution < 1.29 is 12.9 Å². The van der Waals surface area contributed by atoms with E-state index in [4.69, 9.17) is 4.52 Å². The molecular formula is C14H13N3O3S2. The maximum Gasteiger partial charge on any atom is 0.250 e. The zero-order valence-electron chi connectivity index (χ0n) is 11.7. The standard InChI is InChI=1S/C14H13N3O3S2/c1-10-16-14(17-20-10)12-7-13(21-9-12)22(18,19)15-8-11-5-3-2-4-6-11/h2-7,9,15H,8H2,1H3. The van der Waals surface area contributed by atoms with Crippen LogP contribution < -0.4 is 4.72 Å². The van der Waals surface area contributed by atoms with Crippen molar-refractivity contribution in [3.05, 3.63) is 53.2 Å². The SMILES string of the molecule is Cc1nc(-c2csc(S(=O)(=O)NCc3ccccc3)c2)no1. The van der Waals surface area contributed by atoms with Crippen LogP contribution in [0.25, 0.3) is 11.4 Å². The van der Waals surface area contributed by atoms with Crippen molar-refractivity contribution in [3.8, 4) is 11.4 Å². The third kappa shape index (κ3) is 3.24. The van der Waals surface area contributed by atoms with Crippen LogP contribution in [0.3, 0.4) is 0 Å². The first-order chi connectivity index (χ1) is 10.5. The van der Waals surface area contributed by atoms with Crippen LogP contribution in [-0.2, 0) is 16.6 Å². The first-order valence-corrected chi connectivity index (χ1v) is 8.84. The number of hydrogen-bond donors (Lipinski definition) is 1. The van der Waals surface area contributed by atoms with Crippen LogP contribution in [0.2, 0.25) is 0 Å². The van der Waals surface area contributed by atoms with Gasteiger partial charge in [0.1, 0.15) is 4.21 Å². The topological polar surface area (TPSA) is 85.1 Å². The molecule has 0 aliphatic carbocycles. The first kappa shape index (κ1) is 14.9. The van der Waals surface area contributed by atoms with Crippen LogP contribution in [0.1, 0.15) is 11.5 Å². The average Bonchev–Trinajstić information content (AvgIpc) is 3.15. The highest BCUT2D eigenvalue weighted by molar-refractivity contribution is 7.91. The molecule has 1 N–H and O–H groups in total. The fourth-order valence-corrected chi connectivity index (χ4v) is 4.06. The Labute approximate surface area is 131 Å². The van der Waals surface area contributed by atoms with E-state index in [0.717, 1.165) is 16.9 Å². The van der Waals surface area contributed by atoms with Crippen molar-refractivity contribution >= 4 is 21.4 Å². The molecule has 6 nitrogen and oxygen atoms in total. The van der Waals surface area contributed by atoms with E-state index < -0.39 is 10.0 Å². The van der Waals surface area contributed by atoms with Crippen molar-refractivity contribution in [2.24, 2.45) is 0 Å². The highest BCUT2D eigenvalue weighted by atomic mass is 32.2. The zero-order chi connectivity index (χ0) is 15.6. The molecule has 3 aromatic rings. The lowest BCUT2D eigenvalue weighted by molar-refractivity contribution is 0.394. The molecule has 0 aliphatic heterocycles. The minimum absolute atomic E-state index is 0.223. The van der Waals surface area contributed by atoms with Gasteiger partial charge in [0.15, 0.2) is 0 Å². The molecule has 0 saturated carbocycles. The monoisotopic (exact) mass is 335 g/mol. The van der Waals surface area contributed by atoms with Crippen LogP contribution in [-0.4, -0.2) is 18.6 Å². The fraction of sp³-hybridized carbons (Fsp3) is 0.143. The molecule has 0 fully saturated rings. The van der Waals surface area contributed by atoms with E-state index in [1.807, 2.05) is 30.3 Å². The molecule has 0 amide bonds. The summed E-state index contributed by atoms with van der Waals surface area (Å²) in [6, 6.07) is 10.9. The second kappa shape index (κ2) is 5.99. The molecule has 114 valence electrons.